The fourth-order valence-corrected chi connectivity index (χ4v) is 1.91. The van der Waals surface area contributed by atoms with E-state index in [1.165, 1.54) is 36.4 Å². The summed E-state index contributed by atoms with van der Waals surface area (Å²) in [7, 11) is 0. The van der Waals surface area contributed by atoms with Gasteiger partial charge in [-0.2, -0.15) is 0 Å². The number of nitrogens with one attached hydrogen (secondary N) is 1. The van der Waals surface area contributed by atoms with Gasteiger partial charge >= 0.3 is 0 Å². The molecule has 3 N–H and O–H groups in total. The Morgan fingerprint density at radius 1 is 1.15 bits per heavy atom. The molecule has 0 bridgehead atoms. The third-order valence-corrected chi connectivity index (χ3v) is 2.80. The molecule has 0 fully saturated rings. The first kappa shape index (κ1) is 14.1. The second kappa shape index (κ2) is 5.75. The molecule has 6 heteroatoms. The SMILES string of the molecule is NC(=S)c1c(F)cccc1NC(=O)c1cccc(F)c1. The van der Waals surface area contributed by atoms with Gasteiger partial charge in [0.1, 0.15) is 16.6 Å². The van der Waals surface area contributed by atoms with Crippen LogP contribution in [0.25, 0.3) is 0 Å². The molecule has 0 radical (unpaired) electrons. The molecule has 2 aromatic carbocycles. The molecular weight excluding hydrogens is 282 g/mol. The number of rotatable bonds is 3. The van der Waals surface area contributed by atoms with E-state index < -0.39 is 17.5 Å². The standard InChI is InChI=1S/C14H10F2N2OS/c15-9-4-1-3-8(7-9)14(19)18-11-6-2-5-10(16)12(11)13(17)20/h1-7H,(H2,17,20)(H,18,19). The lowest BCUT2D eigenvalue weighted by Crippen LogP contribution is -2.19. The summed E-state index contributed by atoms with van der Waals surface area (Å²) in [5.74, 6) is -1.74. The second-order valence-electron chi connectivity index (χ2n) is 3.99. The third-order valence-electron chi connectivity index (χ3n) is 2.60. The largest absolute Gasteiger partial charge is 0.389 e. The van der Waals surface area contributed by atoms with E-state index in [9.17, 15) is 13.6 Å². The van der Waals surface area contributed by atoms with Crippen molar-refractivity contribution in [3.05, 3.63) is 65.2 Å². The summed E-state index contributed by atoms with van der Waals surface area (Å²) in [6.45, 7) is 0. The number of hydrogen-bond donors (Lipinski definition) is 2. The van der Waals surface area contributed by atoms with Crippen LogP contribution in [0.3, 0.4) is 0 Å². The first-order valence-corrected chi connectivity index (χ1v) is 6.05. The summed E-state index contributed by atoms with van der Waals surface area (Å²) in [5.41, 5.74) is 5.64. The predicted molar refractivity (Wildman–Crippen MR) is 76.6 cm³/mol. The molecule has 0 saturated carbocycles. The summed E-state index contributed by atoms with van der Waals surface area (Å²) in [6.07, 6.45) is 0. The minimum Gasteiger partial charge on any atom is -0.389 e. The Kier molecular flexibility index (Phi) is 4.05. The summed E-state index contributed by atoms with van der Waals surface area (Å²) < 4.78 is 26.7. The van der Waals surface area contributed by atoms with Crippen LogP contribution in [0, 0.1) is 11.6 Å². The molecule has 2 aromatic rings. The summed E-state index contributed by atoms with van der Waals surface area (Å²) in [5, 5.41) is 2.46. The van der Waals surface area contributed by atoms with Gasteiger partial charge in [0.25, 0.3) is 5.91 Å². The van der Waals surface area contributed by atoms with Crippen LogP contribution < -0.4 is 11.1 Å². The van der Waals surface area contributed by atoms with Gasteiger partial charge in [-0.15, -0.1) is 0 Å². The first-order valence-electron chi connectivity index (χ1n) is 5.64. The van der Waals surface area contributed by atoms with E-state index in [0.717, 1.165) is 6.07 Å². The number of nitrogens with two attached hydrogens (primary N) is 1. The molecule has 0 aliphatic rings. The fraction of sp³-hybridized carbons (Fsp3) is 0. The molecule has 0 aliphatic heterocycles. The number of carbonyl (C=O) groups excluding carboxylic acids is 1. The molecule has 0 heterocycles. The van der Waals surface area contributed by atoms with Crippen molar-refractivity contribution >= 4 is 28.8 Å². The molecule has 0 aromatic heterocycles. The van der Waals surface area contributed by atoms with Crippen molar-refractivity contribution in [3.8, 4) is 0 Å². The molecule has 20 heavy (non-hydrogen) atoms. The Morgan fingerprint density at radius 3 is 2.50 bits per heavy atom. The molecule has 2 rings (SSSR count). The number of halogens is 2. The molecule has 0 saturated heterocycles. The zero-order valence-electron chi connectivity index (χ0n) is 10.2. The van der Waals surface area contributed by atoms with Gasteiger partial charge in [0.15, 0.2) is 0 Å². The zero-order valence-corrected chi connectivity index (χ0v) is 11.0. The summed E-state index contributed by atoms with van der Waals surface area (Å²) >= 11 is 4.75. The van der Waals surface area contributed by atoms with Crippen molar-refractivity contribution in [1.29, 1.82) is 0 Å². The number of benzene rings is 2. The maximum atomic E-state index is 13.6. The van der Waals surface area contributed by atoms with Crippen LogP contribution in [0.2, 0.25) is 0 Å². The Morgan fingerprint density at radius 2 is 1.85 bits per heavy atom. The molecule has 102 valence electrons. The minimum atomic E-state index is -0.630. The Bertz CT molecular complexity index is 689. The average Bonchev–Trinajstić information content (AvgIpc) is 2.38. The van der Waals surface area contributed by atoms with Gasteiger partial charge in [-0.25, -0.2) is 8.78 Å². The number of thiocarbonyl (C=S) groups is 1. The van der Waals surface area contributed by atoms with Crippen LogP contribution >= 0.6 is 12.2 Å². The van der Waals surface area contributed by atoms with E-state index >= 15 is 0 Å². The molecular formula is C14H10F2N2OS. The zero-order chi connectivity index (χ0) is 14.7. The van der Waals surface area contributed by atoms with Crippen LogP contribution in [-0.4, -0.2) is 10.9 Å². The Balaban J connectivity index is 2.33. The van der Waals surface area contributed by atoms with Gasteiger partial charge in [0.05, 0.1) is 11.3 Å². The van der Waals surface area contributed by atoms with Gasteiger partial charge in [0.2, 0.25) is 0 Å². The van der Waals surface area contributed by atoms with Gasteiger partial charge in [-0.3, -0.25) is 4.79 Å². The molecule has 0 spiro atoms. The maximum Gasteiger partial charge on any atom is 0.255 e. The van der Waals surface area contributed by atoms with E-state index in [4.69, 9.17) is 18.0 Å². The van der Waals surface area contributed by atoms with Crippen LogP contribution in [0.5, 0.6) is 0 Å². The van der Waals surface area contributed by atoms with Gasteiger partial charge in [-0.1, -0.05) is 24.4 Å². The number of hydrogen-bond acceptors (Lipinski definition) is 2. The minimum absolute atomic E-state index is 0.0488. The van der Waals surface area contributed by atoms with E-state index in [0.29, 0.717) is 0 Å². The van der Waals surface area contributed by atoms with Gasteiger partial charge < -0.3 is 11.1 Å². The average molecular weight is 292 g/mol. The quantitative estimate of drug-likeness (QED) is 0.855. The molecule has 0 unspecified atom stereocenters. The highest BCUT2D eigenvalue weighted by molar-refractivity contribution is 7.80. The smallest absolute Gasteiger partial charge is 0.255 e. The van der Waals surface area contributed by atoms with E-state index in [1.54, 1.807) is 0 Å². The molecule has 0 aliphatic carbocycles. The predicted octanol–water partition coefficient (Wildman–Crippen LogP) is 2.85. The van der Waals surface area contributed by atoms with Crippen molar-refractivity contribution in [2.24, 2.45) is 5.73 Å². The highest BCUT2D eigenvalue weighted by Crippen LogP contribution is 2.20. The summed E-state index contributed by atoms with van der Waals surface area (Å²) in [6, 6.07) is 9.22. The third kappa shape index (κ3) is 2.97. The van der Waals surface area contributed by atoms with Gasteiger partial charge in [0, 0.05) is 5.56 Å². The van der Waals surface area contributed by atoms with E-state index in [2.05, 4.69) is 5.32 Å². The monoisotopic (exact) mass is 292 g/mol. The first-order chi connectivity index (χ1) is 9.49. The fourth-order valence-electron chi connectivity index (χ4n) is 1.70. The maximum absolute atomic E-state index is 13.6. The lowest BCUT2D eigenvalue weighted by atomic mass is 10.1. The lowest BCUT2D eigenvalue weighted by molar-refractivity contribution is 0.102. The highest BCUT2D eigenvalue weighted by atomic mass is 32.1. The van der Waals surface area contributed by atoms with E-state index in [-0.39, 0.29) is 21.8 Å². The van der Waals surface area contributed by atoms with Crippen molar-refractivity contribution in [2.45, 2.75) is 0 Å². The van der Waals surface area contributed by atoms with Crippen molar-refractivity contribution in [1.82, 2.24) is 0 Å². The Labute approximate surface area is 119 Å². The normalized spacial score (nSPS) is 10.1. The second-order valence-corrected chi connectivity index (χ2v) is 4.43. The number of anilines is 1. The molecule has 3 nitrogen and oxygen atoms in total. The lowest BCUT2D eigenvalue weighted by Gasteiger charge is -2.11. The van der Waals surface area contributed by atoms with Crippen molar-refractivity contribution in [3.63, 3.8) is 0 Å². The number of amides is 1. The topological polar surface area (TPSA) is 55.1 Å². The van der Waals surface area contributed by atoms with Crippen LogP contribution in [-0.2, 0) is 0 Å². The highest BCUT2D eigenvalue weighted by Gasteiger charge is 2.14. The van der Waals surface area contributed by atoms with Crippen molar-refractivity contribution < 1.29 is 13.6 Å². The van der Waals surface area contributed by atoms with Gasteiger partial charge in [-0.05, 0) is 30.3 Å². The summed E-state index contributed by atoms with van der Waals surface area (Å²) in [4.78, 5) is 11.8. The molecule has 1 amide bonds. The van der Waals surface area contributed by atoms with Crippen LogP contribution in [0.1, 0.15) is 15.9 Å². The van der Waals surface area contributed by atoms with E-state index in [1.807, 2.05) is 0 Å². The van der Waals surface area contributed by atoms with Crippen molar-refractivity contribution in [2.75, 3.05) is 5.32 Å². The van der Waals surface area contributed by atoms with Crippen LogP contribution in [0.4, 0.5) is 14.5 Å². The van der Waals surface area contributed by atoms with Crippen LogP contribution in [0.15, 0.2) is 42.5 Å². The Hall–Kier alpha value is -2.34. The molecule has 0 atom stereocenters. The number of carbonyl (C=O) groups is 1.